The zero-order valence-electron chi connectivity index (χ0n) is 7.69. The molecule has 0 aliphatic heterocycles. The molecule has 0 spiro atoms. The highest BCUT2D eigenvalue weighted by atomic mass is 16.4. The van der Waals surface area contributed by atoms with Crippen molar-refractivity contribution in [3.05, 3.63) is 29.6 Å². The minimum Gasteiger partial charge on any atom is -0.477 e. The van der Waals surface area contributed by atoms with Crippen molar-refractivity contribution in [1.82, 2.24) is 9.88 Å². The van der Waals surface area contributed by atoms with Gasteiger partial charge in [0.1, 0.15) is 0 Å². The number of carbonyl (C=O) groups is 1. The fraction of sp³-hybridized carbons (Fsp3) is 0.333. The Morgan fingerprint density at radius 1 is 1.62 bits per heavy atom. The first-order chi connectivity index (χ1) is 6.11. The Kier molecular flexibility index (Phi) is 2.97. The number of pyridine rings is 1. The van der Waals surface area contributed by atoms with E-state index in [0.717, 1.165) is 5.56 Å². The minimum atomic E-state index is -0.975. The molecule has 0 saturated carbocycles. The van der Waals surface area contributed by atoms with E-state index < -0.39 is 5.97 Å². The van der Waals surface area contributed by atoms with E-state index in [0.29, 0.717) is 6.54 Å². The molecule has 0 radical (unpaired) electrons. The summed E-state index contributed by atoms with van der Waals surface area (Å²) in [6, 6.07) is 3.52. The van der Waals surface area contributed by atoms with Gasteiger partial charge in [-0.3, -0.25) is 0 Å². The average molecular weight is 180 g/mol. The Balaban J connectivity index is 2.98. The molecule has 0 aromatic carbocycles. The molecule has 0 atom stereocenters. The van der Waals surface area contributed by atoms with Crippen molar-refractivity contribution >= 4 is 5.97 Å². The van der Waals surface area contributed by atoms with Crippen LogP contribution in [0.15, 0.2) is 18.3 Å². The Morgan fingerprint density at radius 2 is 2.31 bits per heavy atom. The van der Waals surface area contributed by atoms with E-state index in [1.807, 2.05) is 19.0 Å². The predicted molar refractivity (Wildman–Crippen MR) is 48.6 cm³/mol. The van der Waals surface area contributed by atoms with Crippen LogP contribution in [-0.2, 0) is 6.54 Å². The zero-order chi connectivity index (χ0) is 9.84. The van der Waals surface area contributed by atoms with Crippen LogP contribution >= 0.6 is 0 Å². The van der Waals surface area contributed by atoms with Crippen molar-refractivity contribution in [1.29, 1.82) is 0 Å². The van der Waals surface area contributed by atoms with E-state index in [4.69, 9.17) is 5.11 Å². The van der Waals surface area contributed by atoms with Gasteiger partial charge in [-0.25, -0.2) is 9.78 Å². The van der Waals surface area contributed by atoms with E-state index in [9.17, 15) is 4.79 Å². The van der Waals surface area contributed by atoms with Crippen LogP contribution in [0.1, 0.15) is 16.1 Å². The summed E-state index contributed by atoms with van der Waals surface area (Å²) in [5, 5.41) is 8.80. The van der Waals surface area contributed by atoms with Gasteiger partial charge in [-0.05, 0) is 25.7 Å². The number of carboxylic acid groups (broad SMARTS) is 1. The first-order valence-corrected chi connectivity index (χ1v) is 3.93. The lowest BCUT2D eigenvalue weighted by Gasteiger charge is -2.10. The Hall–Kier alpha value is -1.42. The summed E-state index contributed by atoms with van der Waals surface area (Å²) in [5.41, 5.74) is 0.871. The van der Waals surface area contributed by atoms with Crippen molar-refractivity contribution in [2.75, 3.05) is 14.1 Å². The van der Waals surface area contributed by atoms with Crippen molar-refractivity contribution < 1.29 is 9.90 Å². The van der Waals surface area contributed by atoms with Gasteiger partial charge in [-0.15, -0.1) is 0 Å². The number of carboxylic acids is 1. The van der Waals surface area contributed by atoms with Crippen molar-refractivity contribution in [3.8, 4) is 0 Å². The maximum atomic E-state index is 10.7. The van der Waals surface area contributed by atoms with E-state index in [-0.39, 0.29) is 5.69 Å². The van der Waals surface area contributed by atoms with E-state index in [2.05, 4.69) is 4.98 Å². The first-order valence-electron chi connectivity index (χ1n) is 3.93. The predicted octanol–water partition coefficient (Wildman–Crippen LogP) is 0.841. The topological polar surface area (TPSA) is 53.4 Å². The molecule has 0 fully saturated rings. The summed E-state index contributed by atoms with van der Waals surface area (Å²) in [6.45, 7) is 0.593. The first kappa shape index (κ1) is 9.67. The van der Waals surface area contributed by atoms with Gasteiger partial charge in [0, 0.05) is 12.7 Å². The third kappa shape index (κ3) is 2.52. The largest absolute Gasteiger partial charge is 0.477 e. The summed E-state index contributed by atoms with van der Waals surface area (Å²) in [4.78, 5) is 16.4. The van der Waals surface area contributed by atoms with Crippen LogP contribution in [0.5, 0.6) is 0 Å². The molecule has 1 heterocycles. The van der Waals surface area contributed by atoms with Gasteiger partial charge in [0.15, 0.2) is 5.69 Å². The van der Waals surface area contributed by atoms with E-state index in [1.54, 1.807) is 12.1 Å². The lowest BCUT2D eigenvalue weighted by atomic mass is 10.2. The summed E-state index contributed by atoms with van der Waals surface area (Å²) < 4.78 is 0. The molecule has 4 heteroatoms. The molecule has 1 rings (SSSR count). The highest BCUT2D eigenvalue weighted by molar-refractivity contribution is 5.86. The van der Waals surface area contributed by atoms with Crippen LogP contribution in [-0.4, -0.2) is 35.1 Å². The van der Waals surface area contributed by atoms with Crippen LogP contribution in [0.25, 0.3) is 0 Å². The molecule has 13 heavy (non-hydrogen) atoms. The van der Waals surface area contributed by atoms with Crippen LogP contribution in [0.4, 0.5) is 0 Å². The summed E-state index contributed by atoms with van der Waals surface area (Å²) in [7, 11) is 3.78. The summed E-state index contributed by atoms with van der Waals surface area (Å²) in [6.07, 6.45) is 1.49. The highest BCUT2D eigenvalue weighted by Crippen LogP contribution is 2.06. The molecular weight excluding hydrogens is 168 g/mol. The zero-order valence-corrected chi connectivity index (χ0v) is 7.69. The quantitative estimate of drug-likeness (QED) is 0.749. The van der Waals surface area contributed by atoms with Gasteiger partial charge < -0.3 is 10.0 Å². The van der Waals surface area contributed by atoms with Crippen LogP contribution in [0, 0.1) is 0 Å². The van der Waals surface area contributed by atoms with Crippen molar-refractivity contribution in [2.24, 2.45) is 0 Å². The monoisotopic (exact) mass is 180 g/mol. The third-order valence-corrected chi connectivity index (χ3v) is 1.58. The summed E-state index contributed by atoms with van der Waals surface area (Å²) >= 11 is 0. The maximum absolute atomic E-state index is 10.7. The van der Waals surface area contributed by atoms with Crippen molar-refractivity contribution in [2.45, 2.75) is 6.54 Å². The number of hydrogen-bond acceptors (Lipinski definition) is 3. The molecule has 1 N–H and O–H groups in total. The Labute approximate surface area is 76.8 Å². The molecule has 0 saturated heterocycles. The molecule has 1 aromatic heterocycles. The third-order valence-electron chi connectivity index (χ3n) is 1.58. The van der Waals surface area contributed by atoms with Crippen LogP contribution in [0.3, 0.4) is 0 Å². The normalized spacial score (nSPS) is 10.4. The lowest BCUT2D eigenvalue weighted by molar-refractivity contribution is 0.0688. The van der Waals surface area contributed by atoms with Crippen LogP contribution < -0.4 is 0 Å². The Morgan fingerprint density at radius 3 is 2.85 bits per heavy atom. The number of rotatable bonds is 3. The van der Waals surface area contributed by atoms with Gasteiger partial charge in [-0.2, -0.15) is 0 Å². The molecule has 0 aliphatic rings. The smallest absolute Gasteiger partial charge is 0.354 e. The standard InChI is InChI=1S/C9H12N2O2/c1-11(2)6-7-4-3-5-10-8(7)9(12)13/h3-5H,6H2,1-2H3,(H,12,13). The lowest BCUT2D eigenvalue weighted by Crippen LogP contribution is -2.15. The fourth-order valence-electron chi connectivity index (χ4n) is 1.10. The minimum absolute atomic E-state index is 0.135. The second-order valence-electron chi connectivity index (χ2n) is 3.05. The van der Waals surface area contributed by atoms with Gasteiger partial charge in [0.25, 0.3) is 0 Å². The number of aromatic carboxylic acids is 1. The van der Waals surface area contributed by atoms with Crippen molar-refractivity contribution in [3.63, 3.8) is 0 Å². The fourth-order valence-corrected chi connectivity index (χ4v) is 1.10. The molecule has 0 aliphatic carbocycles. The van der Waals surface area contributed by atoms with E-state index in [1.165, 1.54) is 6.20 Å². The second kappa shape index (κ2) is 4.00. The van der Waals surface area contributed by atoms with Crippen LogP contribution in [0.2, 0.25) is 0 Å². The molecule has 0 unspecified atom stereocenters. The molecule has 0 bridgehead atoms. The van der Waals surface area contributed by atoms with E-state index >= 15 is 0 Å². The van der Waals surface area contributed by atoms with Gasteiger partial charge in [0.2, 0.25) is 0 Å². The van der Waals surface area contributed by atoms with Gasteiger partial charge >= 0.3 is 5.97 Å². The Bertz CT molecular complexity index is 310. The molecule has 70 valence electrons. The molecule has 1 aromatic rings. The summed E-state index contributed by atoms with van der Waals surface area (Å²) in [5.74, 6) is -0.975. The molecule has 4 nitrogen and oxygen atoms in total. The second-order valence-corrected chi connectivity index (χ2v) is 3.05. The van der Waals surface area contributed by atoms with Gasteiger partial charge in [0.05, 0.1) is 0 Å². The number of aromatic nitrogens is 1. The maximum Gasteiger partial charge on any atom is 0.354 e. The molecular formula is C9H12N2O2. The average Bonchev–Trinajstić information content (AvgIpc) is 2.03. The number of hydrogen-bond donors (Lipinski definition) is 1. The number of nitrogens with zero attached hydrogens (tertiary/aromatic N) is 2. The highest BCUT2D eigenvalue weighted by Gasteiger charge is 2.10. The van der Waals surface area contributed by atoms with Gasteiger partial charge in [-0.1, -0.05) is 6.07 Å². The molecule has 0 amide bonds. The SMILES string of the molecule is CN(C)Cc1cccnc1C(=O)O.